The number of aromatic nitrogens is 1. The summed E-state index contributed by atoms with van der Waals surface area (Å²) in [6, 6.07) is 43.1. The zero-order valence-corrected chi connectivity index (χ0v) is 45.3. The molecule has 0 amide bonds. The van der Waals surface area contributed by atoms with Crippen molar-refractivity contribution in [3.05, 3.63) is 167 Å². The second-order valence-electron chi connectivity index (χ2n) is 19.5. The third-order valence-electron chi connectivity index (χ3n) is 14.6. The van der Waals surface area contributed by atoms with Gasteiger partial charge in [0.15, 0.2) is 0 Å². The molecule has 7 aromatic carbocycles. The molecule has 1 heterocycles. The van der Waals surface area contributed by atoms with E-state index in [2.05, 4.69) is 104 Å². The molecule has 11 heteroatoms. The van der Waals surface area contributed by atoms with Crippen molar-refractivity contribution in [1.29, 1.82) is 0 Å². The standard InChI is InChI=1S/C64H65Cl2N3O5S/c1-4-43(5-2)17-16-22-50-46(42-67-69(47-18-8-7-9-19-47)64-68-58-23-12-13-24-59(58)75-64)41-57(53-21-11-10-20-52(50)53)56-37-36-54-55(63(56)66)35-34-51(62(54)65)45-28-32-49(33-29-45)74-61(71)38-27-44-25-30-48(31-26-44)72-39-14-15-40-73-60(70)6-3/h6,10-13,20-21,23-26,28-37,41-43,47H,3-5,7-9,14-19,22,27,38-40H2,1-2H3/b67-42+. The number of para-hydroxylation sites is 1. The third kappa shape index (κ3) is 13.1. The summed E-state index contributed by atoms with van der Waals surface area (Å²) < 4.78 is 17.7. The molecule has 1 aliphatic rings. The van der Waals surface area contributed by atoms with Crippen molar-refractivity contribution in [3.8, 4) is 33.8 Å². The van der Waals surface area contributed by atoms with Gasteiger partial charge in [-0.3, -0.25) is 4.79 Å². The maximum Gasteiger partial charge on any atom is 0.330 e. The van der Waals surface area contributed by atoms with E-state index in [1.165, 1.54) is 54.2 Å². The maximum atomic E-state index is 12.9. The van der Waals surface area contributed by atoms with Gasteiger partial charge in [-0.2, -0.15) is 5.10 Å². The van der Waals surface area contributed by atoms with Crippen molar-refractivity contribution >= 4 is 89.6 Å². The van der Waals surface area contributed by atoms with Crippen molar-refractivity contribution in [2.75, 3.05) is 18.2 Å². The molecule has 1 aliphatic carbocycles. The largest absolute Gasteiger partial charge is 0.494 e. The molecule has 75 heavy (non-hydrogen) atoms. The van der Waals surface area contributed by atoms with Gasteiger partial charge < -0.3 is 14.2 Å². The van der Waals surface area contributed by atoms with Crippen LogP contribution in [0.25, 0.3) is 54.0 Å². The summed E-state index contributed by atoms with van der Waals surface area (Å²) in [5.74, 6) is 1.17. The van der Waals surface area contributed by atoms with Gasteiger partial charge in [-0.25, -0.2) is 14.8 Å². The topological polar surface area (TPSA) is 90.3 Å². The molecule has 0 aliphatic heterocycles. The van der Waals surface area contributed by atoms with Crippen LogP contribution in [0.5, 0.6) is 11.5 Å². The molecule has 386 valence electrons. The number of hydrogen-bond donors (Lipinski definition) is 0. The lowest BCUT2D eigenvalue weighted by Gasteiger charge is -2.30. The number of rotatable bonds is 23. The number of hydrogen-bond acceptors (Lipinski definition) is 9. The molecule has 1 saturated carbocycles. The van der Waals surface area contributed by atoms with Crippen LogP contribution < -0.4 is 14.5 Å². The second-order valence-corrected chi connectivity index (χ2v) is 21.2. The molecule has 0 spiro atoms. The van der Waals surface area contributed by atoms with Crippen molar-refractivity contribution in [2.24, 2.45) is 11.0 Å². The van der Waals surface area contributed by atoms with Gasteiger partial charge in [0.25, 0.3) is 0 Å². The minimum atomic E-state index is -0.419. The fraction of sp³-hybridized carbons (Fsp3) is 0.312. The van der Waals surface area contributed by atoms with Crippen LogP contribution in [0.3, 0.4) is 0 Å². The Morgan fingerprint density at radius 3 is 2.16 bits per heavy atom. The summed E-state index contributed by atoms with van der Waals surface area (Å²) in [5.41, 5.74) is 8.15. The maximum absolute atomic E-state index is 12.9. The number of nitrogens with zero attached hydrogens (tertiary/aromatic N) is 3. The van der Waals surface area contributed by atoms with Crippen LogP contribution >= 0.6 is 34.5 Å². The summed E-state index contributed by atoms with van der Waals surface area (Å²) in [5, 5.41) is 13.9. The molecule has 0 bridgehead atoms. The predicted molar refractivity (Wildman–Crippen MR) is 312 cm³/mol. The minimum absolute atomic E-state index is 0.224. The second kappa shape index (κ2) is 25.8. The Balaban J connectivity index is 0.935. The van der Waals surface area contributed by atoms with Crippen LogP contribution in [0.15, 0.2) is 145 Å². The smallest absolute Gasteiger partial charge is 0.330 e. The van der Waals surface area contributed by atoms with Gasteiger partial charge in [0.05, 0.1) is 45.7 Å². The molecule has 0 N–H and O–H groups in total. The third-order valence-corrected chi connectivity index (χ3v) is 16.5. The highest BCUT2D eigenvalue weighted by molar-refractivity contribution is 7.22. The molecule has 1 fully saturated rings. The molecule has 9 rings (SSSR count). The Bertz CT molecular complexity index is 3260. The normalized spacial score (nSPS) is 13.0. The fourth-order valence-electron chi connectivity index (χ4n) is 10.3. The van der Waals surface area contributed by atoms with E-state index in [0.717, 1.165) is 104 Å². The van der Waals surface area contributed by atoms with Crippen molar-refractivity contribution < 1.29 is 23.8 Å². The molecule has 0 unspecified atom stereocenters. The van der Waals surface area contributed by atoms with Gasteiger partial charge in [-0.1, -0.05) is 178 Å². The van der Waals surface area contributed by atoms with E-state index in [-0.39, 0.29) is 18.4 Å². The molecule has 0 saturated heterocycles. The molecule has 8 aromatic rings. The van der Waals surface area contributed by atoms with Crippen LogP contribution in [-0.4, -0.2) is 42.4 Å². The molecule has 0 atom stereocenters. The monoisotopic (exact) mass is 1060 g/mol. The van der Waals surface area contributed by atoms with Crippen LogP contribution in [0.2, 0.25) is 10.0 Å². The molecule has 8 nitrogen and oxygen atoms in total. The quantitative estimate of drug-likeness (QED) is 0.0157. The Morgan fingerprint density at radius 2 is 1.43 bits per heavy atom. The number of ether oxygens (including phenoxy) is 3. The Kier molecular flexibility index (Phi) is 18.4. The number of hydrazone groups is 1. The average Bonchev–Trinajstić information content (AvgIpc) is 3.88. The van der Waals surface area contributed by atoms with E-state index in [4.69, 9.17) is 47.5 Å². The molecular weight excluding hydrogens is 994 g/mol. The number of thiazole rings is 1. The lowest BCUT2D eigenvalue weighted by atomic mass is 9.87. The van der Waals surface area contributed by atoms with Crippen molar-refractivity contribution in [1.82, 2.24) is 4.98 Å². The van der Waals surface area contributed by atoms with Gasteiger partial charge in [0.1, 0.15) is 11.5 Å². The predicted octanol–water partition coefficient (Wildman–Crippen LogP) is 17.6. The first-order chi connectivity index (χ1) is 36.7. The van der Waals surface area contributed by atoms with Crippen LogP contribution in [-0.2, 0) is 27.2 Å². The number of esters is 2. The number of carbonyl (C=O) groups is 2. The van der Waals surface area contributed by atoms with E-state index < -0.39 is 5.97 Å². The number of anilines is 1. The van der Waals surface area contributed by atoms with Crippen LogP contribution in [0.4, 0.5) is 5.13 Å². The van der Waals surface area contributed by atoms with E-state index in [9.17, 15) is 9.59 Å². The SMILES string of the molecule is C=CC(=O)OCCCCOc1ccc(CCC(=O)Oc2ccc(-c3ccc4c(Cl)c(-c5cc(/C=N/N(c6nc7ccccc7s6)C6CCCCC6)c(CCCC(CC)CC)c6ccccc56)ccc4c3Cl)cc2)cc1. The summed E-state index contributed by atoms with van der Waals surface area (Å²) >= 11 is 16.5. The summed E-state index contributed by atoms with van der Waals surface area (Å²) in [4.78, 5) is 29.2. The number of benzene rings is 7. The number of carbonyl (C=O) groups excluding carboxylic acids is 2. The average molecular weight is 1060 g/mol. The Labute approximate surface area is 455 Å². The lowest BCUT2D eigenvalue weighted by molar-refractivity contribution is -0.138. The van der Waals surface area contributed by atoms with E-state index in [1.54, 1.807) is 23.5 Å². The van der Waals surface area contributed by atoms with Gasteiger partial charge in [-0.05, 0) is 132 Å². The first-order valence-electron chi connectivity index (χ1n) is 26.7. The zero-order chi connectivity index (χ0) is 52.1. The van der Waals surface area contributed by atoms with Crippen molar-refractivity contribution in [2.45, 2.75) is 110 Å². The van der Waals surface area contributed by atoms with E-state index in [0.29, 0.717) is 47.8 Å². The van der Waals surface area contributed by atoms with Crippen LogP contribution in [0.1, 0.15) is 108 Å². The summed E-state index contributed by atoms with van der Waals surface area (Å²) in [6.45, 7) is 8.86. The molecule has 1 aromatic heterocycles. The highest BCUT2D eigenvalue weighted by atomic mass is 35.5. The lowest BCUT2D eigenvalue weighted by Crippen LogP contribution is -2.32. The van der Waals surface area contributed by atoms with Gasteiger partial charge >= 0.3 is 11.9 Å². The van der Waals surface area contributed by atoms with Gasteiger partial charge in [-0.15, -0.1) is 0 Å². The summed E-state index contributed by atoms with van der Waals surface area (Å²) in [7, 11) is 0. The summed E-state index contributed by atoms with van der Waals surface area (Å²) in [6.07, 6.45) is 16.9. The van der Waals surface area contributed by atoms with E-state index >= 15 is 0 Å². The number of unbranched alkanes of at least 4 members (excludes halogenated alkanes) is 1. The first-order valence-corrected chi connectivity index (χ1v) is 28.2. The van der Waals surface area contributed by atoms with Gasteiger partial charge in [0.2, 0.25) is 5.13 Å². The first kappa shape index (κ1) is 53.3. The number of halogens is 2. The fourth-order valence-corrected chi connectivity index (χ4v) is 12.0. The van der Waals surface area contributed by atoms with Gasteiger partial charge in [0, 0.05) is 34.4 Å². The number of fused-ring (bicyclic) bond motifs is 3. The Morgan fingerprint density at radius 1 is 0.747 bits per heavy atom. The zero-order valence-electron chi connectivity index (χ0n) is 43.0. The van der Waals surface area contributed by atoms with Crippen LogP contribution in [0, 0.1) is 5.92 Å². The van der Waals surface area contributed by atoms with E-state index in [1.807, 2.05) is 42.5 Å². The molecular formula is C64H65Cl2N3O5S. The minimum Gasteiger partial charge on any atom is -0.494 e. The molecule has 0 radical (unpaired) electrons. The van der Waals surface area contributed by atoms with Crippen molar-refractivity contribution in [3.63, 3.8) is 0 Å². The number of aryl methyl sites for hydroxylation is 2. The highest BCUT2D eigenvalue weighted by Gasteiger charge is 2.25. The highest BCUT2D eigenvalue weighted by Crippen LogP contribution is 2.44. The Hall–Kier alpha value is -6.52.